The first kappa shape index (κ1) is 18.5. The van der Waals surface area contributed by atoms with Gasteiger partial charge in [0.25, 0.3) is 5.91 Å². The van der Waals surface area contributed by atoms with Crippen LogP contribution in [0.4, 0.5) is 17.1 Å². The summed E-state index contributed by atoms with van der Waals surface area (Å²) in [7, 11) is 0. The van der Waals surface area contributed by atoms with Crippen LogP contribution in [-0.4, -0.2) is 17.5 Å². The van der Waals surface area contributed by atoms with Crippen molar-refractivity contribution in [2.75, 3.05) is 17.2 Å². The summed E-state index contributed by atoms with van der Waals surface area (Å²) in [6.07, 6.45) is 1.61. The number of para-hydroxylation sites is 2. The number of hydrogen-bond acceptors (Lipinski definition) is 4. The zero-order valence-electron chi connectivity index (χ0n) is 15.7. The number of carbonyl (C=O) groups is 1. The predicted molar refractivity (Wildman–Crippen MR) is 109 cm³/mol. The Labute approximate surface area is 159 Å². The van der Waals surface area contributed by atoms with Crippen LogP contribution in [0.25, 0.3) is 0 Å². The van der Waals surface area contributed by atoms with E-state index in [0.717, 1.165) is 33.9 Å². The molecule has 0 saturated heterocycles. The highest BCUT2D eigenvalue weighted by atomic mass is 16.5. The molecule has 2 aromatic carbocycles. The Morgan fingerprint density at radius 1 is 1.04 bits per heavy atom. The fourth-order valence-electron chi connectivity index (χ4n) is 2.78. The largest absolute Gasteiger partial charge is 0.492 e. The van der Waals surface area contributed by atoms with Crippen LogP contribution in [0.15, 0.2) is 60.8 Å². The van der Waals surface area contributed by atoms with Crippen molar-refractivity contribution in [3.63, 3.8) is 0 Å². The third-order valence-electron chi connectivity index (χ3n) is 4.09. The summed E-state index contributed by atoms with van der Waals surface area (Å²) in [6.45, 7) is 6.52. The average Bonchev–Trinajstić information content (AvgIpc) is 2.66. The second-order valence-electron chi connectivity index (χ2n) is 6.26. The van der Waals surface area contributed by atoms with Crippen molar-refractivity contribution >= 4 is 23.0 Å². The lowest BCUT2D eigenvalue weighted by molar-refractivity contribution is 0.102. The van der Waals surface area contributed by atoms with Crippen molar-refractivity contribution in [1.29, 1.82) is 0 Å². The third kappa shape index (κ3) is 4.64. The van der Waals surface area contributed by atoms with Gasteiger partial charge in [0.1, 0.15) is 11.4 Å². The van der Waals surface area contributed by atoms with Crippen LogP contribution in [0.2, 0.25) is 0 Å². The smallest absolute Gasteiger partial charge is 0.274 e. The van der Waals surface area contributed by atoms with Crippen molar-refractivity contribution in [2.24, 2.45) is 0 Å². The minimum absolute atomic E-state index is 0.247. The molecular formula is C22H23N3O2. The number of pyridine rings is 1. The van der Waals surface area contributed by atoms with Crippen molar-refractivity contribution in [1.82, 2.24) is 4.98 Å². The van der Waals surface area contributed by atoms with Crippen molar-refractivity contribution in [3.8, 4) is 5.75 Å². The Balaban J connectivity index is 1.78. The Hall–Kier alpha value is -3.34. The molecule has 3 rings (SSSR count). The van der Waals surface area contributed by atoms with E-state index in [-0.39, 0.29) is 5.91 Å². The summed E-state index contributed by atoms with van der Waals surface area (Å²) in [4.78, 5) is 16.8. The van der Waals surface area contributed by atoms with Gasteiger partial charge in [0.05, 0.1) is 12.3 Å². The molecule has 1 amide bonds. The molecule has 0 radical (unpaired) electrons. The molecule has 2 N–H and O–H groups in total. The van der Waals surface area contributed by atoms with E-state index in [1.807, 2.05) is 69.3 Å². The number of benzene rings is 2. The lowest BCUT2D eigenvalue weighted by Crippen LogP contribution is -2.14. The molecule has 5 nitrogen and oxygen atoms in total. The third-order valence-corrected chi connectivity index (χ3v) is 4.09. The number of rotatable bonds is 6. The van der Waals surface area contributed by atoms with Gasteiger partial charge in [-0.25, -0.2) is 0 Å². The summed E-state index contributed by atoms with van der Waals surface area (Å²) in [6, 6.07) is 17.1. The molecule has 0 atom stereocenters. The number of anilines is 3. The number of nitrogens with one attached hydrogen (secondary N) is 2. The maximum absolute atomic E-state index is 12.6. The van der Waals surface area contributed by atoms with Gasteiger partial charge in [-0.15, -0.1) is 0 Å². The lowest BCUT2D eigenvalue weighted by atomic mass is 10.1. The van der Waals surface area contributed by atoms with Gasteiger partial charge in [-0.05, 0) is 56.7 Å². The number of amides is 1. The zero-order chi connectivity index (χ0) is 19.2. The van der Waals surface area contributed by atoms with Crippen LogP contribution >= 0.6 is 0 Å². The standard InChI is InChI=1S/C22H23N3O2/c1-4-27-21-8-6-5-7-19(21)24-17-11-12-23-20(14-17)22(26)25-18-10-9-15(2)13-16(18)3/h5-14H,4H2,1-3H3,(H,23,24)(H,25,26). The van der Waals surface area contributed by atoms with Crippen LogP contribution in [0.3, 0.4) is 0 Å². The molecule has 1 aromatic heterocycles. The fraction of sp³-hybridized carbons (Fsp3) is 0.182. The predicted octanol–water partition coefficient (Wildman–Crippen LogP) is 5.09. The Morgan fingerprint density at radius 2 is 1.85 bits per heavy atom. The highest BCUT2D eigenvalue weighted by Gasteiger charge is 2.11. The van der Waals surface area contributed by atoms with Crippen molar-refractivity contribution in [3.05, 3.63) is 77.6 Å². The van der Waals surface area contributed by atoms with Crippen LogP contribution < -0.4 is 15.4 Å². The molecule has 138 valence electrons. The fourth-order valence-corrected chi connectivity index (χ4v) is 2.78. The topological polar surface area (TPSA) is 63.2 Å². The number of aromatic nitrogens is 1. The molecule has 0 bridgehead atoms. The maximum atomic E-state index is 12.6. The molecule has 5 heteroatoms. The normalized spacial score (nSPS) is 10.3. The van der Waals surface area contributed by atoms with Gasteiger partial charge < -0.3 is 15.4 Å². The van der Waals surface area contributed by atoms with Crippen LogP contribution in [-0.2, 0) is 0 Å². The first-order valence-corrected chi connectivity index (χ1v) is 8.90. The molecule has 27 heavy (non-hydrogen) atoms. The van der Waals surface area contributed by atoms with E-state index in [1.54, 1.807) is 12.3 Å². The van der Waals surface area contributed by atoms with E-state index in [1.165, 1.54) is 0 Å². The van der Waals surface area contributed by atoms with Crippen LogP contribution in [0.5, 0.6) is 5.75 Å². The molecule has 0 aliphatic rings. The molecule has 0 aliphatic carbocycles. The first-order chi connectivity index (χ1) is 13.1. The van der Waals surface area contributed by atoms with E-state index in [9.17, 15) is 4.79 Å². The van der Waals surface area contributed by atoms with Gasteiger partial charge in [-0.2, -0.15) is 0 Å². The monoisotopic (exact) mass is 361 g/mol. The summed E-state index contributed by atoms with van der Waals surface area (Å²) >= 11 is 0. The first-order valence-electron chi connectivity index (χ1n) is 8.90. The van der Waals surface area contributed by atoms with E-state index < -0.39 is 0 Å². The van der Waals surface area contributed by atoms with E-state index in [2.05, 4.69) is 15.6 Å². The molecule has 0 aliphatic heterocycles. The van der Waals surface area contributed by atoms with Crippen molar-refractivity contribution < 1.29 is 9.53 Å². The van der Waals surface area contributed by atoms with Crippen LogP contribution in [0, 0.1) is 13.8 Å². The molecule has 0 saturated carbocycles. The van der Waals surface area contributed by atoms with Gasteiger partial charge >= 0.3 is 0 Å². The minimum Gasteiger partial charge on any atom is -0.492 e. The summed E-state index contributed by atoms with van der Waals surface area (Å²) < 4.78 is 5.63. The lowest BCUT2D eigenvalue weighted by Gasteiger charge is -2.13. The number of carbonyl (C=O) groups excluding carboxylic acids is 1. The second-order valence-corrected chi connectivity index (χ2v) is 6.26. The average molecular weight is 361 g/mol. The zero-order valence-corrected chi connectivity index (χ0v) is 15.7. The Kier molecular flexibility index (Phi) is 5.71. The van der Waals surface area contributed by atoms with Gasteiger partial charge in [0.2, 0.25) is 0 Å². The van der Waals surface area contributed by atoms with Gasteiger partial charge in [0, 0.05) is 17.6 Å². The number of hydrogen-bond donors (Lipinski definition) is 2. The van der Waals surface area contributed by atoms with E-state index >= 15 is 0 Å². The molecule has 1 heterocycles. The highest BCUT2D eigenvalue weighted by molar-refractivity contribution is 6.03. The van der Waals surface area contributed by atoms with Gasteiger partial charge in [-0.3, -0.25) is 9.78 Å². The molecular weight excluding hydrogens is 338 g/mol. The summed E-state index contributed by atoms with van der Waals surface area (Å²) in [5, 5.41) is 6.21. The molecule has 0 fully saturated rings. The molecule has 0 unspecified atom stereocenters. The van der Waals surface area contributed by atoms with E-state index in [4.69, 9.17) is 4.74 Å². The number of nitrogens with zero attached hydrogens (tertiary/aromatic N) is 1. The Morgan fingerprint density at radius 3 is 2.63 bits per heavy atom. The number of ether oxygens (including phenoxy) is 1. The van der Waals surface area contributed by atoms with Gasteiger partial charge in [0.15, 0.2) is 0 Å². The molecule has 0 spiro atoms. The Bertz CT molecular complexity index is 954. The SMILES string of the molecule is CCOc1ccccc1Nc1ccnc(C(=O)Nc2ccc(C)cc2C)c1. The van der Waals surface area contributed by atoms with Gasteiger partial charge in [-0.1, -0.05) is 29.8 Å². The minimum atomic E-state index is -0.247. The molecule has 3 aromatic rings. The second kappa shape index (κ2) is 8.36. The maximum Gasteiger partial charge on any atom is 0.274 e. The number of aryl methyl sites for hydroxylation is 2. The van der Waals surface area contributed by atoms with Crippen LogP contribution in [0.1, 0.15) is 28.5 Å². The highest BCUT2D eigenvalue weighted by Crippen LogP contribution is 2.27. The quantitative estimate of drug-likeness (QED) is 0.642. The summed E-state index contributed by atoms with van der Waals surface area (Å²) in [5.41, 5.74) is 4.90. The van der Waals surface area contributed by atoms with E-state index in [0.29, 0.717) is 12.3 Å². The summed E-state index contributed by atoms with van der Waals surface area (Å²) in [5.74, 6) is 0.516. The van der Waals surface area contributed by atoms with Crippen molar-refractivity contribution in [2.45, 2.75) is 20.8 Å².